The number of halogens is 1. The Morgan fingerprint density at radius 3 is 2.59 bits per heavy atom. The van der Waals surface area contributed by atoms with Crippen LogP contribution in [-0.2, 0) is 4.74 Å². The second-order valence-corrected chi connectivity index (χ2v) is 8.54. The summed E-state index contributed by atoms with van der Waals surface area (Å²) in [5.74, 6) is 2.34. The summed E-state index contributed by atoms with van der Waals surface area (Å²) in [5.41, 5.74) is 1.33. The molecule has 0 heterocycles. The maximum atomic E-state index is 14.9. The maximum absolute atomic E-state index is 14.9. The van der Waals surface area contributed by atoms with Crippen molar-refractivity contribution < 1.29 is 13.9 Å². The summed E-state index contributed by atoms with van der Waals surface area (Å²) in [7, 11) is 1.36. The predicted molar refractivity (Wildman–Crippen MR) is 106 cm³/mol. The Bertz CT molecular complexity index is 844. The Morgan fingerprint density at radius 1 is 1.04 bits per heavy atom. The zero-order valence-electron chi connectivity index (χ0n) is 16.3. The highest BCUT2D eigenvalue weighted by Crippen LogP contribution is 2.48. The molecule has 2 aromatic carbocycles. The third kappa shape index (κ3) is 3.61. The molecule has 2 nitrogen and oxygen atoms in total. The van der Waals surface area contributed by atoms with Gasteiger partial charge in [-0.05, 0) is 96.4 Å². The van der Waals surface area contributed by atoms with Crippen LogP contribution in [0.3, 0.4) is 0 Å². The number of ether oxygens (including phenoxy) is 1. The first-order chi connectivity index (χ1) is 13.1. The Kier molecular flexibility index (Phi) is 5.21. The van der Waals surface area contributed by atoms with Crippen LogP contribution in [-0.4, -0.2) is 13.1 Å². The molecule has 4 atom stereocenters. The number of carbonyl (C=O) groups is 1. The Hall–Kier alpha value is -1.90. The second kappa shape index (κ2) is 7.61. The van der Waals surface area contributed by atoms with E-state index in [0.29, 0.717) is 11.5 Å². The van der Waals surface area contributed by atoms with Crippen molar-refractivity contribution in [3.8, 4) is 0 Å². The van der Waals surface area contributed by atoms with E-state index in [1.165, 1.54) is 39.2 Å². The number of hydrogen-bond acceptors (Lipinski definition) is 2. The van der Waals surface area contributed by atoms with Gasteiger partial charge in [0, 0.05) is 0 Å². The molecule has 0 aliphatic heterocycles. The molecule has 0 N–H and O–H groups in total. The van der Waals surface area contributed by atoms with E-state index in [0.717, 1.165) is 46.9 Å². The van der Waals surface area contributed by atoms with Crippen LogP contribution in [0, 0.1) is 23.6 Å². The summed E-state index contributed by atoms with van der Waals surface area (Å²) >= 11 is 0. The van der Waals surface area contributed by atoms with Crippen LogP contribution in [0.15, 0.2) is 30.3 Å². The normalized spacial score (nSPS) is 28.0. The lowest BCUT2D eigenvalue weighted by Gasteiger charge is -2.42. The Balaban J connectivity index is 1.57. The van der Waals surface area contributed by atoms with Crippen molar-refractivity contribution in [3.05, 3.63) is 47.3 Å². The van der Waals surface area contributed by atoms with Gasteiger partial charge in [0.1, 0.15) is 5.82 Å². The Morgan fingerprint density at radius 2 is 1.81 bits per heavy atom. The summed E-state index contributed by atoms with van der Waals surface area (Å²) in [5, 5.41) is 1.76. The molecule has 2 fully saturated rings. The van der Waals surface area contributed by atoms with Gasteiger partial charge in [0.15, 0.2) is 0 Å². The molecule has 0 bridgehead atoms. The average molecular weight is 368 g/mol. The van der Waals surface area contributed by atoms with Gasteiger partial charge in [-0.25, -0.2) is 9.18 Å². The van der Waals surface area contributed by atoms with Crippen LogP contribution in [0.25, 0.3) is 10.8 Å². The molecule has 0 saturated heterocycles. The minimum Gasteiger partial charge on any atom is -0.465 e. The standard InChI is InChI=1S/C24H29FO2/c1-3-15-4-5-17-11-19(8-6-16(17)10-15)22-13-18-7-9-20(24(26)27-2)12-21(18)14-23(22)25/h7,9,12-17,19H,3-6,8,10-11H2,1-2H3. The molecule has 4 unspecified atom stereocenters. The van der Waals surface area contributed by atoms with Crippen LogP contribution in [0.4, 0.5) is 4.39 Å². The topological polar surface area (TPSA) is 26.3 Å². The number of rotatable bonds is 3. The van der Waals surface area contributed by atoms with Crippen molar-refractivity contribution in [1.29, 1.82) is 0 Å². The first kappa shape index (κ1) is 18.5. The van der Waals surface area contributed by atoms with Gasteiger partial charge >= 0.3 is 5.97 Å². The lowest BCUT2D eigenvalue weighted by atomic mass is 9.63. The lowest BCUT2D eigenvalue weighted by Crippen LogP contribution is -2.30. The van der Waals surface area contributed by atoms with E-state index in [-0.39, 0.29) is 11.8 Å². The van der Waals surface area contributed by atoms with Crippen molar-refractivity contribution in [2.45, 2.75) is 57.8 Å². The highest BCUT2D eigenvalue weighted by molar-refractivity contribution is 5.95. The number of methoxy groups -OCH3 is 1. The van der Waals surface area contributed by atoms with Gasteiger partial charge in [0.05, 0.1) is 12.7 Å². The van der Waals surface area contributed by atoms with Gasteiger partial charge in [-0.2, -0.15) is 0 Å². The van der Waals surface area contributed by atoms with Crippen LogP contribution in [0.5, 0.6) is 0 Å². The highest BCUT2D eigenvalue weighted by Gasteiger charge is 2.36. The third-order valence-corrected chi connectivity index (χ3v) is 7.12. The summed E-state index contributed by atoms with van der Waals surface area (Å²) in [6.45, 7) is 2.31. The number of carbonyl (C=O) groups excluding carboxylic acids is 1. The average Bonchev–Trinajstić information content (AvgIpc) is 2.71. The fourth-order valence-electron chi connectivity index (χ4n) is 5.48. The van der Waals surface area contributed by atoms with Gasteiger partial charge in [0.2, 0.25) is 0 Å². The van der Waals surface area contributed by atoms with Gasteiger partial charge in [-0.3, -0.25) is 0 Å². The molecular weight excluding hydrogens is 339 g/mol. The molecule has 27 heavy (non-hydrogen) atoms. The second-order valence-electron chi connectivity index (χ2n) is 8.54. The monoisotopic (exact) mass is 368 g/mol. The van der Waals surface area contributed by atoms with Crippen molar-refractivity contribution >= 4 is 16.7 Å². The number of esters is 1. The van der Waals surface area contributed by atoms with Gasteiger partial charge < -0.3 is 4.74 Å². The summed E-state index contributed by atoms with van der Waals surface area (Å²) < 4.78 is 19.7. The van der Waals surface area contributed by atoms with Crippen LogP contribution in [0.1, 0.15) is 73.7 Å². The van der Waals surface area contributed by atoms with Crippen molar-refractivity contribution in [2.75, 3.05) is 7.11 Å². The molecular formula is C24H29FO2. The minimum absolute atomic E-state index is 0.129. The SMILES string of the molecule is CCC1CCC2CC(c3cc4ccc(C(=O)OC)cc4cc3F)CCC2C1. The fourth-order valence-corrected chi connectivity index (χ4v) is 5.48. The first-order valence-electron chi connectivity index (χ1n) is 10.4. The summed E-state index contributed by atoms with van der Waals surface area (Å²) in [6.07, 6.45) is 8.82. The predicted octanol–water partition coefficient (Wildman–Crippen LogP) is 6.48. The molecule has 0 aromatic heterocycles. The van der Waals surface area contributed by atoms with Crippen molar-refractivity contribution in [2.24, 2.45) is 17.8 Å². The molecule has 0 radical (unpaired) electrons. The number of benzene rings is 2. The molecule has 0 spiro atoms. The molecule has 144 valence electrons. The lowest BCUT2D eigenvalue weighted by molar-refractivity contribution is 0.0601. The van der Waals surface area contributed by atoms with Gasteiger partial charge in [0.25, 0.3) is 0 Å². The third-order valence-electron chi connectivity index (χ3n) is 7.12. The quantitative estimate of drug-likeness (QED) is 0.580. The van der Waals surface area contributed by atoms with Crippen LogP contribution < -0.4 is 0 Å². The van der Waals surface area contributed by atoms with Gasteiger partial charge in [-0.1, -0.05) is 25.8 Å². The van der Waals surface area contributed by atoms with E-state index in [9.17, 15) is 9.18 Å². The number of hydrogen-bond donors (Lipinski definition) is 0. The minimum atomic E-state index is -0.387. The first-order valence-corrected chi connectivity index (χ1v) is 10.4. The molecule has 2 aliphatic carbocycles. The van der Waals surface area contributed by atoms with Crippen molar-refractivity contribution in [3.63, 3.8) is 0 Å². The van der Waals surface area contributed by atoms with E-state index in [4.69, 9.17) is 4.74 Å². The molecule has 2 saturated carbocycles. The zero-order valence-corrected chi connectivity index (χ0v) is 16.3. The van der Waals surface area contributed by atoms with Crippen LogP contribution >= 0.6 is 0 Å². The number of fused-ring (bicyclic) bond motifs is 2. The largest absolute Gasteiger partial charge is 0.465 e. The smallest absolute Gasteiger partial charge is 0.337 e. The van der Waals surface area contributed by atoms with E-state index >= 15 is 0 Å². The van der Waals surface area contributed by atoms with E-state index in [1.807, 2.05) is 12.1 Å². The molecule has 2 aromatic rings. The maximum Gasteiger partial charge on any atom is 0.337 e. The molecule has 4 rings (SSSR count). The summed E-state index contributed by atoms with van der Waals surface area (Å²) in [6, 6.07) is 8.99. The van der Waals surface area contributed by atoms with Crippen molar-refractivity contribution in [1.82, 2.24) is 0 Å². The van der Waals surface area contributed by atoms with Crippen LogP contribution in [0.2, 0.25) is 0 Å². The zero-order chi connectivity index (χ0) is 19.0. The summed E-state index contributed by atoms with van der Waals surface area (Å²) in [4.78, 5) is 11.7. The molecule has 3 heteroatoms. The fraction of sp³-hybridized carbons (Fsp3) is 0.542. The van der Waals surface area contributed by atoms with E-state index < -0.39 is 0 Å². The van der Waals surface area contributed by atoms with E-state index in [2.05, 4.69) is 6.92 Å². The Labute approximate surface area is 161 Å². The van der Waals surface area contributed by atoms with Gasteiger partial charge in [-0.15, -0.1) is 0 Å². The van der Waals surface area contributed by atoms with E-state index in [1.54, 1.807) is 18.2 Å². The molecule has 2 aliphatic rings. The molecule has 0 amide bonds. The highest BCUT2D eigenvalue weighted by atomic mass is 19.1.